The van der Waals surface area contributed by atoms with E-state index in [4.69, 9.17) is 0 Å². The molecule has 0 radical (unpaired) electrons. The maximum atomic E-state index is 12.5. The number of rotatable bonds is 9. The maximum absolute atomic E-state index is 12.5. The highest BCUT2D eigenvalue weighted by molar-refractivity contribution is 5.78. The quantitative estimate of drug-likeness (QED) is 0.685. The summed E-state index contributed by atoms with van der Waals surface area (Å²) in [6.07, 6.45) is -1.61. The predicted octanol–water partition coefficient (Wildman–Crippen LogP) is 2.25. The first-order valence-electron chi connectivity index (χ1n) is 6.96. The molecule has 7 heteroatoms. The SMILES string of the molecule is CCCN(CCC(C)(NC1CC1)C(=O)O)CC(F)(F)F. The lowest BCUT2D eigenvalue weighted by Gasteiger charge is -2.30. The number of carbonyl (C=O) groups is 1. The molecule has 1 saturated carbocycles. The minimum Gasteiger partial charge on any atom is -0.480 e. The number of carboxylic acids is 1. The van der Waals surface area contributed by atoms with Gasteiger partial charge in [-0.1, -0.05) is 6.92 Å². The van der Waals surface area contributed by atoms with Crippen molar-refractivity contribution < 1.29 is 23.1 Å². The summed E-state index contributed by atoms with van der Waals surface area (Å²) >= 11 is 0. The third-order valence-corrected chi connectivity index (χ3v) is 3.44. The number of nitrogens with zero attached hydrogens (tertiary/aromatic N) is 1. The summed E-state index contributed by atoms with van der Waals surface area (Å²) in [5.74, 6) is -1.01. The van der Waals surface area contributed by atoms with E-state index in [0.717, 1.165) is 12.8 Å². The van der Waals surface area contributed by atoms with Crippen molar-refractivity contribution >= 4 is 5.97 Å². The summed E-state index contributed by atoms with van der Waals surface area (Å²) in [4.78, 5) is 12.6. The van der Waals surface area contributed by atoms with Crippen LogP contribution >= 0.6 is 0 Å². The second-order valence-corrected chi connectivity index (χ2v) is 5.70. The van der Waals surface area contributed by atoms with Crippen molar-refractivity contribution in [1.29, 1.82) is 0 Å². The zero-order valence-electron chi connectivity index (χ0n) is 12.0. The minimum absolute atomic E-state index is 0.121. The third-order valence-electron chi connectivity index (χ3n) is 3.44. The molecule has 0 heterocycles. The first-order chi connectivity index (χ1) is 9.16. The summed E-state index contributed by atoms with van der Waals surface area (Å²) in [7, 11) is 0. The molecule has 0 bridgehead atoms. The number of alkyl halides is 3. The summed E-state index contributed by atoms with van der Waals surface area (Å²) in [5, 5.41) is 12.3. The van der Waals surface area contributed by atoms with Gasteiger partial charge in [0.05, 0.1) is 6.54 Å². The summed E-state index contributed by atoms with van der Waals surface area (Å²) in [6, 6.07) is 0.193. The van der Waals surface area contributed by atoms with E-state index in [1.54, 1.807) is 6.92 Å². The van der Waals surface area contributed by atoms with Crippen molar-refractivity contribution in [2.75, 3.05) is 19.6 Å². The Bertz CT molecular complexity index is 332. The highest BCUT2D eigenvalue weighted by Crippen LogP contribution is 2.25. The monoisotopic (exact) mass is 296 g/mol. The van der Waals surface area contributed by atoms with Gasteiger partial charge < -0.3 is 5.11 Å². The molecule has 0 amide bonds. The van der Waals surface area contributed by atoms with Crippen LogP contribution < -0.4 is 5.32 Å². The molecule has 1 rings (SSSR count). The van der Waals surface area contributed by atoms with Crippen LogP contribution in [-0.4, -0.2) is 53.4 Å². The van der Waals surface area contributed by atoms with E-state index in [1.165, 1.54) is 4.90 Å². The van der Waals surface area contributed by atoms with Gasteiger partial charge in [-0.15, -0.1) is 0 Å². The van der Waals surface area contributed by atoms with Crippen molar-refractivity contribution in [3.63, 3.8) is 0 Å². The van der Waals surface area contributed by atoms with E-state index >= 15 is 0 Å². The lowest BCUT2D eigenvalue weighted by molar-refractivity contribution is -0.149. The Hall–Kier alpha value is -0.820. The van der Waals surface area contributed by atoms with Gasteiger partial charge in [0.1, 0.15) is 5.54 Å². The van der Waals surface area contributed by atoms with Crippen LogP contribution in [0.3, 0.4) is 0 Å². The molecule has 0 saturated heterocycles. The molecule has 20 heavy (non-hydrogen) atoms. The Morgan fingerprint density at radius 3 is 2.35 bits per heavy atom. The number of hydrogen-bond acceptors (Lipinski definition) is 3. The second kappa shape index (κ2) is 6.76. The molecule has 1 atom stereocenters. The molecule has 118 valence electrons. The van der Waals surface area contributed by atoms with Crippen molar-refractivity contribution in [3.8, 4) is 0 Å². The molecule has 1 aliphatic carbocycles. The van der Waals surface area contributed by atoms with Crippen molar-refractivity contribution in [1.82, 2.24) is 10.2 Å². The normalized spacial score (nSPS) is 19.1. The Morgan fingerprint density at radius 1 is 1.35 bits per heavy atom. The van der Waals surface area contributed by atoms with Crippen molar-refractivity contribution in [3.05, 3.63) is 0 Å². The number of carboxylic acid groups (broad SMARTS) is 1. The van der Waals surface area contributed by atoms with Gasteiger partial charge in [0, 0.05) is 12.6 Å². The molecule has 0 aromatic heterocycles. The Morgan fingerprint density at radius 2 is 1.95 bits per heavy atom. The molecule has 0 aliphatic heterocycles. The number of hydrogen-bond donors (Lipinski definition) is 2. The van der Waals surface area contributed by atoms with E-state index in [2.05, 4.69) is 5.32 Å². The smallest absolute Gasteiger partial charge is 0.401 e. The molecule has 2 N–H and O–H groups in total. The molecular formula is C13H23F3N2O2. The van der Waals surface area contributed by atoms with E-state index in [1.807, 2.05) is 6.92 Å². The lowest BCUT2D eigenvalue weighted by Crippen LogP contribution is -2.52. The van der Waals surface area contributed by atoms with Gasteiger partial charge >= 0.3 is 12.1 Å². The van der Waals surface area contributed by atoms with Crippen LogP contribution in [0.4, 0.5) is 13.2 Å². The number of aliphatic carboxylic acids is 1. The van der Waals surface area contributed by atoms with Crippen molar-refractivity contribution in [2.45, 2.75) is 57.3 Å². The lowest BCUT2D eigenvalue weighted by atomic mass is 9.97. The minimum atomic E-state index is -4.25. The summed E-state index contributed by atoms with van der Waals surface area (Å²) in [6.45, 7) is 2.81. The Kier molecular flexibility index (Phi) is 5.82. The predicted molar refractivity (Wildman–Crippen MR) is 69.6 cm³/mol. The molecule has 1 aliphatic rings. The highest BCUT2D eigenvalue weighted by atomic mass is 19.4. The number of halogens is 3. The largest absolute Gasteiger partial charge is 0.480 e. The molecule has 0 aromatic carbocycles. The molecule has 1 unspecified atom stereocenters. The standard InChI is InChI=1S/C13H23F3N2O2/c1-3-7-18(9-13(14,15)16)8-6-12(2,11(19)20)17-10-4-5-10/h10,17H,3-9H2,1-2H3,(H,19,20). The fourth-order valence-corrected chi connectivity index (χ4v) is 2.14. The Labute approximate surface area is 117 Å². The van der Waals surface area contributed by atoms with E-state index in [-0.39, 0.29) is 19.0 Å². The average Bonchev–Trinajstić information content (AvgIpc) is 3.08. The van der Waals surface area contributed by atoms with Gasteiger partial charge in [-0.05, 0) is 39.2 Å². The van der Waals surface area contributed by atoms with Crippen LogP contribution in [0.15, 0.2) is 0 Å². The molecular weight excluding hydrogens is 273 g/mol. The zero-order chi connectivity index (χ0) is 15.4. The van der Waals surface area contributed by atoms with E-state index in [9.17, 15) is 23.1 Å². The second-order valence-electron chi connectivity index (χ2n) is 5.70. The van der Waals surface area contributed by atoms with Gasteiger partial charge in [-0.25, -0.2) is 0 Å². The van der Waals surface area contributed by atoms with Gasteiger partial charge in [-0.3, -0.25) is 15.0 Å². The Balaban J connectivity index is 2.55. The maximum Gasteiger partial charge on any atom is 0.401 e. The van der Waals surface area contributed by atoms with Crippen LogP contribution in [-0.2, 0) is 4.79 Å². The van der Waals surface area contributed by atoms with Crippen LogP contribution in [0, 0.1) is 0 Å². The highest BCUT2D eigenvalue weighted by Gasteiger charge is 2.39. The molecule has 0 spiro atoms. The van der Waals surface area contributed by atoms with E-state index in [0.29, 0.717) is 13.0 Å². The van der Waals surface area contributed by atoms with Crippen LogP contribution in [0.2, 0.25) is 0 Å². The summed E-state index contributed by atoms with van der Waals surface area (Å²) < 4.78 is 37.4. The topological polar surface area (TPSA) is 52.6 Å². The van der Waals surface area contributed by atoms with Gasteiger partial charge in [0.25, 0.3) is 0 Å². The first-order valence-corrected chi connectivity index (χ1v) is 6.96. The van der Waals surface area contributed by atoms with Gasteiger partial charge in [0.2, 0.25) is 0 Å². The van der Waals surface area contributed by atoms with E-state index < -0.39 is 24.2 Å². The van der Waals surface area contributed by atoms with Crippen LogP contribution in [0.5, 0.6) is 0 Å². The van der Waals surface area contributed by atoms with Gasteiger partial charge in [0.15, 0.2) is 0 Å². The molecule has 0 aromatic rings. The number of nitrogens with one attached hydrogen (secondary N) is 1. The first kappa shape index (κ1) is 17.2. The van der Waals surface area contributed by atoms with Crippen molar-refractivity contribution in [2.24, 2.45) is 0 Å². The third kappa shape index (κ3) is 6.09. The van der Waals surface area contributed by atoms with Crippen LogP contribution in [0.25, 0.3) is 0 Å². The summed E-state index contributed by atoms with van der Waals surface area (Å²) in [5.41, 5.74) is -1.15. The molecule has 4 nitrogen and oxygen atoms in total. The van der Waals surface area contributed by atoms with Gasteiger partial charge in [-0.2, -0.15) is 13.2 Å². The fraction of sp³-hybridized carbons (Fsp3) is 0.923. The average molecular weight is 296 g/mol. The zero-order valence-corrected chi connectivity index (χ0v) is 12.0. The fourth-order valence-electron chi connectivity index (χ4n) is 2.14. The van der Waals surface area contributed by atoms with Crippen LogP contribution in [0.1, 0.15) is 39.5 Å². The molecule has 1 fully saturated rings.